The lowest BCUT2D eigenvalue weighted by atomic mass is 10.0. The molecule has 0 saturated carbocycles. The van der Waals surface area contributed by atoms with E-state index in [-0.39, 0.29) is 11.8 Å². The Morgan fingerprint density at radius 3 is 2.44 bits per heavy atom. The fourth-order valence-corrected chi connectivity index (χ4v) is 1.84. The molecule has 1 fully saturated rings. The molecule has 0 spiro atoms. The Kier molecular flexibility index (Phi) is 6.07. The van der Waals surface area contributed by atoms with Gasteiger partial charge in [-0.2, -0.15) is 0 Å². The minimum absolute atomic E-state index is 0.116. The van der Waals surface area contributed by atoms with Gasteiger partial charge in [-0.25, -0.2) is 4.79 Å². The number of amides is 1. The summed E-state index contributed by atoms with van der Waals surface area (Å²) in [6, 6.07) is -0.804. The van der Waals surface area contributed by atoms with Crippen molar-refractivity contribution in [3.63, 3.8) is 0 Å². The monoisotopic (exact) mass is 258 g/mol. The van der Waals surface area contributed by atoms with Crippen LogP contribution < -0.4 is 5.32 Å². The van der Waals surface area contributed by atoms with E-state index in [9.17, 15) is 9.59 Å². The number of nitrogens with zero attached hydrogens (tertiary/aromatic N) is 1. The van der Waals surface area contributed by atoms with Crippen molar-refractivity contribution in [1.29, 1.82) is 0 Å². The molecule has 1 unspecified atom stereocenters. The summed E-state index contributed by atoms with van der Waals surface area (Å²) >= 11 is 0. The van der Waals surface area contributed by atoms with Gasteiger partial charge in [-0.15, -0.1) is 0 Å². The molecule has 1 heterocycles. The SMILES string of the molecule is CC(C)C(NC(=O)CCN1CCOCC1)C(=O)O. The van der Waals surface area contributed by atoms with Crippen LogP contribution >= 0.6 is 0 Å². The van der Waals surface area contributed by atoms with Gasteiger partial charge in [-0.3, -0.25) is 9.69 Å². The van der Waals surface area contributed by atoms with E-state index in [0.29, 0.717) is 26.2 Å². The van der Waals surface area contributed by atoms with Gasteiger partial charge in [0.1, 0.15) is 6.04 Å². The molecule has 6 heteroatoms. The number of ether oxygens (including phenoxy) is 1. The number of rotatable bonds is 6. The van der Waals surface area contributed by atoms with E-state index in [4.69, 9.17) is 9.84 Å². The minimum Gasteiger partial charge on any atom is -0.480 e. The standard InChI is InChI=1S/C12H22N2O4/c1-9(2)11(12(16)17)13-10(15)3-4-14-5-7-18-8-6-14/h9,11H,3-8H2,1-2H3,(H,13,15)(H,16,17). The van der Waals surface area contributed by atoms with E-state index in [2.05, 4.69) is 10.2 Å². The maximum Gasteiger partial charge on any atom is 0.326 e. The number of aliphatic carboxylic acids is 1. The zero-order valence-corrected chi connectivity index (χ0v) is 11.0. The third-order valence-electron chi connectivity index (χ3n) is 3.01. The Labute approximate surface area is 107 Å². The molecule has 1 aliphatic heterocycles. The van der Waals surface area contributed by atoms with E-state index < -0.39 is 12.0 Å². The topological polar surface area (TPSA) is 78.9 Å². The second-order valence-corrected chi connectivity index (χ2v) is 4.83. The molecule has 0 aromatic carbocycles. The molecule has 0 bridgehead atoms. The second-order valence-electron chi connectivity index (χ2n) is 4.83. The van der Waals surface area contributed by atoms with Crippen LogP contribution in [-0.2, 0) is 14.3 Å². The summed E-state index contributed by atoms with van der Waals surface area (Å²) in [4.78, 5) is 24.8. The quantitative estimate of drug-likeness (QED) is 0.697. The fraction of sp³-hybridized carbons (Fsp3) is 0.833. The molecule has 1 atom stereocenters. The van der Waals surface area contributed by atoms with Crippen molar-refractivity contribution in [2.24, 2.45) is 5.92 Å². The normalized spacial score (nSPS) is 18.6. The van der Waals surface area contributed by atoms with Crippen molar-refractivity contribution in [2.75, 3.05) is 32.8 Å². The lowest BCUT2D eigenvalue weighted by Crippen LogP contribution is -2.45. The van der Waals surface area contributed by atoms with E-state index in [1.807, 2.05) is 0 Å². The Morgan fingerprint density at radius 1 is 1.33 bits per heavy atom. The first-order valence-corrected chi connectivity index (χ1v) is 6.33. The highest BCUT2D eigenvalue weighted by atomic mass is 16.5. The molecule has 1 aliphatic rings. The number of carboxylic acids is 1. The van der Waals surface area contributed by atoms with Gasteiger partial charge in [0.2, 0.25) is 5.91 Å². The van der Waals surface area contributed by atoms with E-state index >= 15 is 0 Å². The first-order valence-electron chi connectivity index (χ1n) is 6.33. The average Bonchev–Trinajstić information content (AvgIpc) is 2.34. The Morgan fingerprint density at radius 2 is 1.94 bits per heavy atom. The predicted octanol–water partition coefficient (Wildman–Crippen LogP) is -0.0659. The molecule has 104 valence electrons. The molecule has 0 radical (unpaired) electrons. The number of carbonyl (C=O) groups excluding carboxylic acids is 1. The van der Waals surface area contributed by atoms with E-state index in [0.717, 1.165) is 13.1 Å². The zero-order chi connectivity index (χ0) is 13.5. The Bertz CT molecular complexity index is 288. The van der Waals surface area contributed by atoms with Gasteiger partial charge < -0.3 is 15.2 Å². The highest BCUT2D eigenvalue weighted by Crippen LogP contribution is 2.03. The van der Waals surface area contributed by atoms with Crippen LogP contribution in [0.1, 0.15) is 20.3 Å². The molecule has 1 saturated heterocycles. The summed E-state index contributed by atoms with van der Waals surface area (Å²) in [6.07, 6.45) is 0.330. The maximum absolute atomic E-state index is 11.7. The van der Waals surface area contributed by atoms with Crippen molar-refractivity contribution in [3.05, 3.63) is 0 Å². The van der Waals surface area contributed by atoms with Crippen LogP contribution in [0.2, 0.25) is 0 Å². The maximum atomic E-state index is 11.7. The van der Waals surface area contributed by atoms with Gasteiger partial charge in [-0.1, -0.05) is 13.8 Å². The number of hydrogen-bond donors (Lipinski definition) is 2. The molecule has 1 amide bonds. The molecule has 0 aromatic rings. The van der Waals surface area contributed by atoms with Crippen LogP contribution in [0.5, 0.6) is 0 Å². The van der Waals surface area contributed by atoms with Crippen molar-refractivity contribution >= 4 is 11.9 Å². The minimum atomic E-state index is -0.982. The Balaban J connectivity index is 2.29. The zero-order valence-electron chi connectivity index (χ0n) is 11.0. The Hall–Kier alpha value is -1.14. The first kappa shape index (κ1) is 14.9. The lowest BCUT2D eigenvalue weighted by Gasteiger charge is -2.26. The molecule has 0 aromatic heterocycles. The van der Waals surface area contributed by atoms with Crippen LogP contribution in [0.15, 0.2) is 0 Å². The summed E-state index contributed by atoms with van der Waals surface area (Å²) in [7, 11) is 0. The third kappa shape index (κ3) is 5.01. The highest BCUT2D eigenvalue weighted by molar-refractivity contribution is 5.83. The van der Waals surface area contributed by atoms with Crippen LogP contribution in [0.4, 0.5) is 0 Å². The predicted molar refractivity (Wildman–Crippen MR) is 66.3 cm³/mol. The van der Waals surface area contributed by atoms with Crippen molar-refractivity contribution < 1.29 is 19.4 Å². The smallest absolute Gasteiger partial charge is 0.326 e. The van der Waals surface area contributed by atoms with Crippen molar-refractivity contribution in [3.8, 4) is 0 Å². The van der Waals surface area contributed by atoms with Crippen LogP contribution in [0.3, 0.4) is 0 Å². The molecule has 1 rings (SSSR count). The molecular weight excluding hydrogens is 236 g/mol. The number of nitrogens with one attached hydrogen (secondary N) is 1. The summed E-state index contributed by atoms with van der Waals surface area (Å²) in [5.74, 6) is -1.30. The highest BCUT2D eigenvalue weighted by Gasteiger charge is 2.23. The van der Waals surface area contributed by atoms with Gasteiger partial charge in [0.15, 0.2) is 0 Å². The summed E-state index contributed by atoms with van der Waals surface area (Å²) < 4.78 is 5.21. The molecule has 2 N–H and O–H groups in total. The molecule has 0 aliphatic carbocycles. The fourth-order valence-electron chi connectivity index (χ4n) is 1.84. The number of hydrogen-bond acceptors (Lipinski definition) is 4. The third-order valence-corrected chi connectivity index (χ3v) is 3.01. The van der Waals surface area contributed by atoms with Crippen molar-refractivity contribution in [2.45, 2.75) is 26.3 Å². The van der Waals surface area contributed by atoms with Gasteiger partial charge >= 0.3 is 5.97 Å². The summed E-state index contributed by atoms with van der Waals surface area (Å²) in [6.45, 7) is 7.28. The van der Waals surface area contributed by atoms with E-state index in [1.54, 1.807) is 13.8 Å². The number of carbonyl (C=O) groups is 2. The van der Waals surface area contributed by atoms with Gasteiger partial charge in [0.25, 0.3) is 0 Å². The molecule has 6 nitrogen and oxygen atoms in total. The number of carboxylic acid groups (broad SMARTS) is 1. The van der Waals surface area contributed by atoms with Gasteiger partial charge in [0, 0.05) is 26.1 Å². The largest absolute Gasteiger partial charge is 0.480 e. The summed E-state index contributed by atoms with van der Waals surface area (Å²) in [5.41, 5.74) is 0. The van der Waals surface area contributed by atoms with Gasteiger partial charge in [0.05, 0.1) is 13.2 Å². The first-order chi connectivity index (χ1) is 8.50. The molecular formula is C12H22N2O4. The van der Waals surface area contributed by atoms with E-state index in [1.165, 1.54) is 0 Å². The van der Waals surface area contributed by atoms with Crippen LogP contribution in [-0.4, -0.2) is 60.8 Å². The van der Waals surface area contributed by atoms with Crippen LogP contribution in [0.25, 0.3) is 0 Å². The van der Waals surface area contributed by atoms with Gasteiger partial charge in [-0.05, 0) is 5.92 Å². The second kappa shape index (κ2) is 7.33. The average molecular weight is 258 g/mol. The lowest BCUT2D eigenvalue weighted by molar-refractivity contribution is -0.143. The summed E-state index contributed by atoms with van der Waals surface area (Å²) in [5, 5.41) is 11.5. The molecule has 18 heavy (non-hydrogen) atoms. The van der Waals surface area contributed by atoms with Crippen LogP contribution in [0, 0.1) is 5.92 Å². The van der Waals surface area contributed by atoms with Crippen molar-refractivity contribution in [1.82, 2.24) is 10.2 Å². The number of morpholine rings is 1.